The van der Waals surface area contributed by atoms with Crippen molar-refractivity contribution >= 4 is 26.4 Å². The number of benzene rings is 1. The molecule has 3 heteroatoms. The molecule has 1 aromatic carbocycles. The van der Waals surface area contributed by atoms with E-state index in [1.165, 1.54) is 24.3 Å². The number of allylic oxidation sites excluding steroid dienone is 2. The Morgan fingerprint density at radius 1 is 1.35 bits per heavy atom. The Hall–Kier alpha value is -1.35. The monoisotopic (exact) mass is 292 g/mol. The number of carbonyl (C=O) groups excluding carboxylic acids is 1. The third-order valence-electron chi connectivity index (χ3n) is 2.82. The number of halogens is 1. The molecule has 0 aromatic heterocycles. The first-order valence-corrected chi connectivity index (χ1v) is 6.24. The summed E-state index contributed by atoms with van der Waals surface area (Å²) in [6, 6.07) is 8.30. The van der Waals surface area contributed by atoms with Gasteiger partial charge in [0.2, 0.25) is 0 Å². The zero-order valence-corrected chi connectivity index (χ0v) is 11.2. The van der Waals surface area contributed by atoms with Crippen LogP contribution in [0.1, 0.15) is 17.5 Å². The lowest BCUT2D eigenvalue weighted by Crippen LogP contribution is -2.01. The summed E-state index contributed by atoms with van der Waals surface area (Å²) in [5, 5.41) is 0. The van der Waals surface area contributed by atoms with E-state index in [4.69, 9.17) is 0 Å². The first-order chi connectivity index (χ1) is 8.22. The number of rotatable bonds is 2. The second-order valence-corrected chi connectivity index (χ2v) is 4.65. The highest BCUT2D eigenvalue weighted by atomic mass is 79.9. The molecule has 0 amide bonds. The number of methoxy groups -OCH3 is 1. The smallest absolute Gasteiger partial charge is 0.330 e. The molecule has 2 nitrogen and oxygen atoms in total. The van der Waals surface area contributed by atoms with Gasteiger partial charge in [-0.3, -0.25) is 0 Å². The summed E-state index contributed by atoms with van der Waals surface area (Å²) in [5.74, 6) is -0.323. The van der Waals surface area contributed by atoms with Gasteiger partial charge in [0.15, 0.2) is 0 Å². The van der Waals surface area contributed by atoms with Gasteiger partial charge in [-0.05, 0) is 45.5 Å². The van der Waals surface area contributed by atoms with Crippen LogP contribution in [0.2, 0.25) is 0 Å². The summed E-state index contributed by atoms with van der Waals surface area (Å²) in [7, 11) is 1.38. The van der Waals surface area contributed by atoms with Crippen LogP contribution in [0.3, 0.4) is 0 Å². The maximum atomic E-state index is 11.1. The van der Waals surface area contributed by atoms with Crippen LogP contribution < -0.4 is 0 Å². The summed E-state index contributed by atoms with van der Waals surface area (Å²) in [4.78, 5) is 11.1. The third-order valence-corrected chi connectivity index (χ3v) is 3.76. The van der Waals surface area contributed by atoms with Crippen LogP contribution in [0, 0.1) is 0 Å². The van der Waals surface area contributed by atoms with Gasteiger partial charge in [-0.1, -0.05) is 30.3 Å². The molecule has 88 valence electrons. The first-order valence-electron chi connectivity index (χ1n) is 5.45. The van der Waals surface area contributed by atoms with Crippen molar-refractivity contribution < 1.29 is 9.53 Å². The minimum absolute atomic E-state index is 0.323. The van der Waals surface area contributed by atoms with E-state index < -0.39 is 0 Å². The number of aryl methyl sites for hydroxylation is 1. The van der Waals surface area contributed by atoms with Gasteiger partial charge in [0.05, 0.1) is 7.11 Å². The summed E-state index contributed by atoms with van der Waals surface area (Å²) < 4.78 is 5.65. The molecule has 1 aromatic rings. The second-order valence-electron chi connectivity index (χ2n) is 3.85. The molecule has 1 aliphatic rings. The van der Waals surface area contributed by atoms with E-state index in [9.17, 15) is 4.79 Å². The van der Waals surface area contributed by atoms with Crippen molar-refractivity contribution in [3.05, 3.63) is 53.1 Å². The van der Waals surface area contributed by atoms with Gasteiger partial charge < -0.3 is 4.74 Å². The average Bonchev–Trinajstić information content (AvgIpc) is 2.38. The van der Waals surface area contributed by atoms with Crippen molar-refractivity contribution in [3.8, 4) is 0 Å². The molecule has 0 fully saturated rings. The van der Waals surface area contributed by atoms with Crippen molar-refractivity contribution in [2.75, 3.05) is 7.11 Å². The van der Waals surface area contributed by atoms with E-state index in [0.29, 0.717) is 0 Å². The first kappa shape index (κ1) is 12.1. The van der Waals surface area contributed by atoms with Crippen molar-refractivity contribution in [1.29, 1.82) is 0 Å². The average molecular weight is 293 g/mol. The minimum Gasteiger partial charge on any atom is -0.466 e. The Morgan fingerprint density at radius 3 is 2.88 bits per heavy atom. The predicted molar refractivity (Wildman–Crippen MR) is 71.8 cm³/mol. The molecule has 0 N–H and O–H groups in total. The Kier molecular flexibility index (Phi) is 3.79. The Morgan fingerprint density at radius 2 is 2.12 bits per heavy atom. The van der Waals surface area contributed by atoms with E-state index in [2.05, 4.69) is 32.8 Å². The SMILES string of the molecule is COC(=O)/C=C/C1=C(Br)c2ccccc2CC1. The van der Waals surface area contributed by atoms with Crippen molar-refractivity contribution in [1.82, 2.24) is 0 Å². The topological polar surface area (TPSA) is 26.3 Å². The highest BCUT2D eigenvalue weighted by Gasteiger charge is 2.14. The van der Waals surface area contributed by atoms with Crippen LogP contribution in [-0.2, 0) is 16.0 Å². The van der Waals surface area contributed by atoms with Gasteiger partial charge in [0.1, 0.15) is 0 Å². The maximum Gasteiger partial charge on any atom is 0.330 e. The second kappa shape index (κ2) is 5.32. The van der Waals surface area contributed by atoms with Crippen LogP contribution in [0.5, 0.6) is 0 Å². The molecule has 0 atom stereocenters. The molecule has 17 heavy (non-hydrogen) atoms. The molecule has 0 bridgehead atoms. The maximum absolute atomic E-state index is 11.1. The van der Waals surface area contributed by atoms with Crippen molar-refractivity contribution in [3.63, 3.8) is 0 Å². The molecular formula is C14H13BrO2. The molecule has 0 spiro atoms. The zero-order chi connectivity index (χ0) is 12.3. The number of fused-ring (bicyclic) bond motifs is 1. The Bertz CT molecular complexity index is 501. The van der Waals surface area contributed by atoms with E-state index in [1.54, 1.807) is 0 Å². The molecule has 0 saturated carbocycles. The summed E-state index contributed by atoms with van der Waals surface area (Å²) in [6.07, 6.45) is 5.23. The fraction of sp³-hybridized carbons (Fsp3) is 0.214. The predicted octanol–water partition coefficient (Wildman–Crippen LogP) is 3.47. The van der Waals surface area contributed by atoms with Gasteiger partial charge in [-0.15, -0.1) is 0 Å². The van der Waals surface area contributed by atoms with E-state index in [0.717, 1.165) is 22.9 Å². The van der Waals surface area contributed by atoms with Crippen LogP contribution in [0.15, 0.2) is 42.0 Å². The molecule has 0 radical (unpaired) electrons. The van der Waals surface area contributed by atoms with Gasteiger partial charge >= 0.3 is 5.97 Å². The molecule has 2 rings (SSSR count). The van der Waals surface area contributed by atoms with Crippen LogP contribution in [0.4, 0.5) is 0 Å². The largest absolute Gasteiger partial charge is 0.466 e. The van der Waals surface area contributed by atoms with Crippen molar-refractivity contribution in [2.45, 2.75) is 12.8 Å². The van der Waals surface area contributed by atoms with Gasteiger partial charge in [0, 0.05) is 10.6 Å². The van der Waals surface area contributed by atoms with E-state index in [1.807, 2.05) is 18.2 Å². The summed E-state index contributed by atoms with van der Waals surface area (Å²) in [5.41, 5.74) is 3.69. The summed E-state index contributed by atoms with van der Waals surface area (Å²) in [6.45, 7) is 0. The fourth-order valence-corrected chi connectivity index (χ4v) is 2.61. The quantitative estimate of drug-likeness (QED) is 0.616. The standard InChI is InChI=1S/C14H13BrO2/c1-17-13(16)9-8-11-7-6-10-4-2-3-5-12(10)14(11)15/h2-5,8-9H,6-7H2,1H3/b9-8+. The number of carbonyl (C=O) groups is 1. The van der Waals surface area contributed by atoms with Gasteiger partial charge in [-0.2, -0.15) is 0 Å². The molecule has 0 saturated heterocycles. The van der Waals surface area contributed by atoms with Gasteiger partial charge in [0.25, 0.3) is 0 Å². The van der Waals surface area contributed by atoms with Gasteiger partial charge in [-0.25, -0.2) is 4.79 Å². The molecule has 0 unspecified atom stereocenters. The number of esters is 1. The lowest BCUT2D eigenvalue weighted by Gasteiger charge is -2.17. The minimum atomic E-state index is -0.323. The zero-order valence-electron chi connectivity index (χ0n) is 9.57. The lowest BCUT2D eigenvalue weighted by atomic mass is 9.92. The van der Waals surface area contributed by atoms with Crippen molar-refractivity contribution in [2.24, 2.45) is 0 Å². The number of hydrogen-bond acceptors (Lipinski definition) is 2. The normalized spacial score (nSPS) is 14.9. The molecular weight excluding hydrogens is 280 g/mol. The van der Waals surface area contributed by atoms with Crippen LogP contribution in [0.25, 0.3) is 4.48 Å². The fourth-order valence-electron chi connectivity index (χ4n) is 1.90. The van der Waals surface area contributed by atoms with Crippen LogP contribution in [-0.4, -0.2) is 13.1 Å². The molecule has 0 aliphatic heterocycles. The number of ether oxygens (including phenoxy) is 1. The molecule has 1 aliphatic carbocycles. The highest BCUT2D eigenvalue weighted by Crippen LogP contribution is 2.35. The highest BCUT2D eigenvalue weighted by molar-refractivity contribution is 9.15. The number of hydrogen-bond donors (Lipinski definition) is 0. The van der Waals surface area contributed by atoms with E-state index in [-0.39, 0.29) is 5.97 Å². The van der Waals surface area contributed by atoms with E-state index >= 15 is 0 Å². The Labute approximate surface area is 109 Å². The third kappa shape index (κ3) is 2.67. The molecule has 0 heterocycles. The Balaban J connectivity index is 2.31. The van der Waals surface area contributed by atoms with Crippen LogP contribution >= 0.6 is 15.9 Å². The lowest BCUT2D eigenvalue weighted by molar-refractivity contribution is -0.134. The summed E-state index contributed by atoms with van der Waals surface area (Å²) >= 11 is 3.60.